The molecule has 0 amide bonds. The number of hydrogen-bond donors (Lipinski definition) is 0. The fraction of sp³-hybridized carbons (Fsp3) is 0.200. The average Bonchev–Trinajstić information content (AvgIpc) is 3.25. The van der Waals surface area contributed by atoms with Gasteiger partial charge in [0, 0.05) is 41.0 Å². The summed E-state index contributed by atoms with van der Waals surface area (Å²) in [5.74, 6) is 0.0849. The normalized spacial score (nSPS) is 12.8. The lowest BCUT2D eigenvalue weighted by Gasteiger charge is -2.20. The lowest BCUT2D eigenvalue weighted by Crippen LogP contribution is -2.26. The van der Waals surface area contributed by atoms with E-state index in [1.807, 2.05) is 43.3 Å². The number of nitriles is 1. The summed E-state index contributed by atoms with van der Waals surface area (Å²) in [5, 5.41) is 10.6. The van der Waals surface area contributed by atoms with Crippen molar-refractivity contribution in [3.63, 3.8) is 0 Å². The highest BCUT2D eigenvalue weighted by Crippen LogP contribution is 2.48. The Hall–Kier alpha value is -3.82. The number of benzene rings is 3. The first kappa shape index (κ1) is 28.2. The van der Waals surface area contributed by atoms with Gasteiger partial charge in [-0.3, -0.25) is 4.57 Å². The van der Waals surface area contributed by atoms with Crippen LogP contribution in [0.5, 0.6) is 5.75 Å². The number of rotatable bonds is 9. The topological polar surface area (TPSA) is 90.6 Å². The Morgan fingerprint density at radius 3 is 2.49 bits per heavy atom. The maximum atomic E-state index is 15.0. The van der Waals surface area contributed by atoms with E-state index in [-0.39, 0.29) is 17.6 Å². The Bertz CT molecular complexity index is 1650. The summed E-state index contributed by atoms with van der Waals surface area (Å²) in [4.78, 5) is 13.6. The summed E-state index contributed by atoms with van der Waals surface area (Å²) >= 11 is 6.42. The number of ether oxygens (including phenoxy) is 2. The molecule has 0 aliphatic rings. The van der Waals surface area contributed by atoms with Crippen LogP contribution in [0.25, 0.3) is 17.0 Å². The maximum Gasteiger partial charge on any atom is 0.355 e. The van der Waals surface area contributed by atoms with Crippen molar-refractivity contribution in [3.05, 3.63) is 94.1 Å². The van der Waals surface area contributed by atoms with Gasteiger partial charge in [0.2, 0.25) is 0 Å². The average molecular weight is 563 g/mol. The van der Waals surface area contributed by atoms with E-state index in [1.165, 1.54) is 13.2 Å². The predicted molar refractivity (Wildman–Crippen MR) is 155 cm³/mol. The Morgan fingerprint density at radius 1 is 1.10 bits per heavy atom. The molecule has 0 N–H and O–H groups in total. The number of hydrogen-bond acceptors (Lipinski definition) is 6. The van der Waals surface area contributed by atoms with Crippen LogP contribution in [0.1, 0.15) is 34.1 Å². The molecular formula is C30H28ClN2O5P. The second-order valence-electron chi connectivity index (χ2n) is 8.81. The molecule has 1 aromatic heterocycles. The number of aromatic nitrogens is 1. The van der Waals surface area contributed by atoms with Crippen LogP contribution in [0.15, 0.2) is 66.7 Å². The lowest BCUT2D eigenvalue weighted by atomic mass is 10.1. The molecule has 1 unspecified atom stereocenters. The molecule has 0 saturated carbocycles. The highest BCUT2D eigenvalue weighted by atomic mass is 35.5. The van der Waals surface area contributed by atoms with Crippen LogP contribution in [-0.2, 0) is 20.4 Å². The van der Waals surface area contributed by atoms with Crippen LogP contribution in [0.4, 0.5) is 0 Å². The summed E-state index contributed by atoms with van der Waals surface area (Å²) in [6.07, 6.45) is 2.98. The fourth-order valence-corrected chi connectivity index (χ4v) is 7.11. The zero-order valence-electron chi connectivity index (χ0n) is 22.1. The van der Waals surface area contributed by atoms with Crippen molar-refractivity contribution in [1.29, 1.82) is 5.26 Å². The molecule has 0 fully saturated rings. The molecule has 3 aromatic carbocycles. The van der Waals surface area contributed by atoms with Crippen molar-refractivity contribution in [2.24, 2.45) is 0 Å². The first-order valence-electron chi connectivity index (χ1n) is 12.2. The van der Waals surface area contributed by atoms with Crippen molar-refractivity contribution in [2.45, 2.75) is 20.4 Å². The van der Waals surface area contributed by atoms with Gasteiger partial charge in [0.1, 0.15) is 11.4 Å². The lowest BCUT2D eigenvalue weighted by molar-refractivity contribution is 0.0516. The van der Waals surface area contributed by atoms with Gasteiger partial charge < -0.3 is 18.6 Å². The molecule has 0 saturated heterocycles. The van der Waals surface area contributed by atoms with Gasteiger partial charge in [0.15, 0.2) is 0 Å². The summed E-state index contributed by atoms with van der Waals surface area (Å²) in [6, 6.07) is 20.0. The number of carbonyl (C=O) groups excluding carboxylic acids is 1. The monoisotopic (exact) mass is 562 g/mol. The smallest absolute Gasteiger partial charge is 0.355 e. The first-order valence-corrected chi connectivity index (χ1v) is 14.2. The molecule has 9 heteroatoms. The van der Waals surface area contributed by atoms with Gasteiger partial charge in [0.25, 0.3) is 7.37 Å². The van der Waals surface area contributed by atoms with Crippen LogP contribution in [0, 0.1) is 18.3 Å². The first-order chi connectivity index (χ1) is 18.7. The number of esters is 1. The minimum Gasteiger partial charge on any atom is -0.497 e. The molecule has 4 rings (SSSR count). The third kappa shape index (κ3) is 5.65. The van der Waals surface area contributed by atoms with Crippen LogP contribution in [0.2, 0.25) is 5.02 Å². The van der Waals surface area contributed by atoms with Crippen molar-refractivity contribution < 1.29 is 23.4 Å². The van der Waals surface area contributed by atoms with E-state index < -0.39 is 13.3 Å². The minimum absolute atomic E-state index is 0.130. The molecule has 1 atom stereocenters. The number of nitrogens with zero attached hydrogens (tertiary/aromatic N) is 2. The molecule has 0 spiro atoms. The van der Waals surface area contributed by atoms with E-state index in [0.717, 1.165) is 11.1 Å². The third-order valence-electron chi connectivity index (χ3n) is 6.29. The largest absolute Gasteiger partial charge is 0.497 e. The molecule has 200 valence electrons. The molecule has 0 bridgehead atoms. The number of fused-ring (bicyclic) bond motifs is 1. The number of aryl methyl sites for hydroxylation is 1. The van der Waals surface area contributed by atoms with E-state index in [1.54, 1.807) is 55.0 Å². The molecule has 4 aromatic rings. The van der Waals surface area contributed by atoms with Crippen LogP contribution in [-0.4, -0.2) is 31.4 Å². The number of halogens is 1. The predicted octanol–water partition coefficient (Wildman–Crippen LogP) is 6.25. The Balaban J connectivity index is 2.06. The molecule has 0 radical (unpaired) electrons. The molecular weight excluding hydrogens is 535 g/mol. The maximum absolute atomic E-state index is 15.0. The Labute approximate surface area is 232 Å². The van der Waals surface area contributed by atoms with E-state index in [9.17, 15) is 9.36 Å². The number of allylic oxidation sites excluding steroid dienone is 1. The second kappa shape index (κ2) is 11.9. The van der Waals surface area contributed by atoms with Crippen LogP contribution >= 0.6 is 19.0 Å². The standard InChI is InChI=1S/C30H28ClN2O5P/c1-5-38-30(34)28-29(39(35,37-4)25-16-20(2)15-22(17-25)7-6-14-32)26-18-23(31)10-13-27(26)33(28)19-21-8-11-24(36-3)12-9-21/h6-13,15-18H,5,19H2,1-4H3. The summed E-state index contributed by atoms with van der Waals surface area (Å²) in [7, 11) is -0.928. The highest BCUT2D eigenvalue weighted by Gasteiger charge is 2.38. The van der Waals surface area contributed by atoms with Crippen LogP contribution < -0.4 is 15.3 Å². The zero-order chi connectivity index (χ0) is 28.2. The number of methoxy groups -OCH3 is 1. The van der Waals surface area contributed by atoms with Gasteiger partial charge in [-0.25, -0.2) is 4.79 Å². The van der Waals surface area contributed by atoms with E-state index in [2.05, 4.69) is 0 Å². The van der Waals surface area contributed by atoms with Gasteiger partial charge in [-0.2, -0.15) is 5.26 Å². The van der Waals surface area contributed by atoms with E-state index >= 15 is 0 Å². The minimum atomic E-state index is -3.89. The Kier molecular flexibility index (Phi) is 8.62. The quantitative estimate of drug-likeness (QED) is 0.136. The third-order valence-corrected chi connectivity index (χ3v) is 9.02. The van der Waals surface area contributed by atoms with Crippen LogP contribution in [0.3, 0.4) is 0 Å². The van der Waals surface area contributed by atoms with Gasteiger partial charge in [-0.05, 0) is 79.1 Å². The molecule has 7 nitrogen and oxygen atoms in total. The summed E-state index contributed by atoms with van der Waals surface area (Å²) in [6.45, 7) is 4.01. The fourth-order valence-electron chi connectivity index (χ4n) is 4.61. The van der Waals surface area contributed by atoms with Crippen molar-refractivity contribution >= 4 is 52.5 Å². The molecule has 39 heavy (non-hydrogen) atoms. The van der Waals surface area contributed by atoms with Crippen molar-refractivity contribution in [3.8, 4) is 11.8 Å². The van der Waals surface area contributed by atoms with E-state index in [4.69, 9.17) is 30.9 Å². The van der Waals surface area contributed by atoms with Crippen molar-refractivity contribution in [1.82, 2.24) is 4.57 Å². The molecule has 1 heterocycles. The van der Waals surface area contributed by atoms with Gasteiger partial charge in [-0.1, -0.05) is 29.8 Å². The van der Waals surface area contributed by atoms with Gasteiger partial charge in [0.05, 0.1) is 25.1 Å². The Morgan fingerprint density at radius 2 is 1.85 bits per heavy atom. The van der Waals surface area contributed by atoms with Gasteiger partial charge >= 0.3 is 5.97 Å². The van der Waals surface area contributed by atoms with Gasteiger partial charge in [-0.15, -0.1) is 0 Å². The van der Waals surface area contributed by atoms with E-state index in [0.29, 0.717) is 39.1 Å². The highest BCUT2D eigenvalue weighted by molar-refractivity contribution is 7.75. The van der Waals surface area contributed by atoms with Crippen molar-refractivity contribution in [2.75, 3.05) is 20.8 Å². The summed E-state index contributed by atoms with van der Waals surface area (Å²) < 4.78 is 33.4. The zero-order valence-corrected chi connectivity index (χ0v) is 23.8. The second-order valence-corrected chi connectivity index (χ2v) is 11.7. The summed E-state index contributed by atoms with van der Waals surface area (Å²) in [5.41, 5.74) is 3.18. The molecule has 0 aliphatic carbocycles. The molecule has 0 aliphatic heterocycles. The SMILES string of the molecule is CCOC(=O)c1c(P(=O)(OC)c2cc(C)cc(C=CC#N)c2)c2cc(Cl)ccc2n1Cc1ccc(OC)cc1. The number of carbonyl (C=O) groups is 1.